The van der Waals surface area contributed by atoms with Gasteiger partial charge in [-0.15, -0.1) is 0 Å². The van der Waals surface area contributed by atoms with Gasteiger partial charge in [-0.2, -0.15) is 5.01 Å². The largest absolute Gasteiger partial charge is 0.345 e. The number of imide groups is 1. The van der Waals surface area contributed by atoms with Gasteiger partial charge in [-0.3, -0.25) is 29.4 Å². The zero-order valence-corrected chi connectivity index (χ0v) is 16.9. The van der Waals surface area contributed by atoms with Crippen LogP contribution in [0.3, 0.4) is 0 Å². The number of hydrogen-bond donors (Lipinski definition) is 2. The van der Waals surface area contributed by atoms with Crippen LogP contribution in [-0.2, 0) is 24.0 Å². The summed E-state index contributed by atoms with van der Waals surface area (Å²) in [6.45, 7) is 0. The van der Waals surface area contributed by atoms with Gasteiger partial charge in [0.1, 0.15) is 6.04 Å². The molecule has 2 saturated carbocycles. The van der Waals surface area contributed by atoms with Crippen LogP contribution in [0, 0.1) is 11.8 Å². The summed E-state index contributed by atoms with van der Waals surface area (Å²) in [5, 5.41) is 3.50. The average molecular weight is 405 g/mol. The SMILES string of the molecule is O=C(NN1C(=O)CCC1=O)C(=O)C(NC(=O)C1CCCCCC1)C1CCCCC1. The van der Waals surface area contributed by atoms with Crippen LogP contribution in [0.2, 0.25) is 0 Å². The number of carbonyl (C=O) groups is 5. The highest BCUT2D eigenvalue weighted by atomic mass is 16.2. The average Bonchev–Trinajstić information content (AvgIpc) is 2.94. The first-order chi connectivity index (χ1) is 14.0. The smallest absolute Gasteiger partial charge is 0.308 e. The first-order valence-corrected chi connectivity index (χ1v) is 11.0. The summed E-state index contributed by atoms with van der Waals surface area (Å²) in [5.74, 6) is -3.20. The number of hydrogen-bond acceptors (Lipinski definition) is 5. The maximum atomic E-state index is 13.0. The van der Waals surface area contributed by atoms with Crippen LogP contribution in [0.25, 0.3) is 0 Å². The second kappa shape index (κ2) is 9.98. The van der Waals surface area contributed by atoms with E-state index in [1.807, 2.05) is 0 Å². The standard InChI is InChI=1S/C21H31N3O5/c25-16-12-13-17(26)24(16)23-21(29)19(27)18(14-8-6-3-7-9-14)22-20(28)15-10-4-1-2-5-11-15/h14-15,18H,1-13H2,(H,22,28)(H,23,29). The Labute approximate surface area is 171 Å². The summed E-state index contributed by atoms with van der Waals surface area (Å²) >= 11 is 0. The minimum atomic E-state index is -1.01. The second-order valence-corrected chi connectivity index (χ2v) is 8.50. The third-order valence-corrected chi connectivity index (χ3v) is 6.42. The topological polar surface area (TPSA) is 113 Å². The van der Waals surface area contributed by atoms with Crippen molar-refractivity contribution in [3.8, 4) is 0 Å². The van der Waals surface area contributed by atoms with Crippen LogP contribution in [0.1, 0.15) is 83.5 Å². The minimum absolute atomic E-state index is 0.0256. The number of nitrogens with zero attached hydrogens (tertiary/aromatic N) is 1. The van der Waals surface area contributed by atoms with Crippen LogP contribution >= 0.6 is 0 Å². The van der Waals surface area contributed by atoms with Gasteiger partial charge in [0.05, 0.1) is 0 Å². The first kappa shape index (κ1) is 21.5. The number of Topliss-reactive ketones (excluding diaryl/α,β-unsaturated/α-hetero) is 1. The molecule has 2 aliphatic carbocycles. The van der Waals surface area contributed by atoms with E-state index in [9.17, 15) is 24.0 Å². The number of amides is 4. The summed E-state index contributed by atoms with van der Waals surface area (Å²) in [7, 11) is 0. The van der Waals surface area contributed by atoms with Crippen LogP contribution in [0.5, 0.6) is 0 Å². The maximum absolute atomic E-state index is 13.0. The third kappa shape index (κ3) is 5.42. The summed E-state index contributed by atoms with van der Waals surface area (Å²) in [6.07, 6.45) is 10.4. The Morgan fingerprint density at radius 3 is 1.90 bits per heavy atom. The van der Waals surface area contributed by atoms with Gasteiger partial charge in [-0.25, -0.2) is 0 Å². The molecule has 0 aromatic heterocycles. The van der Waals surface area contributed by atoms with E-state index >= 15 is 0 Å². The molecule has 29 heavy (non-hydrogen) atoms. The summed E-state index contributed by atoms with van der Waals surface area (Å²) in [6, 6.07) is -0.904. The van der Waals surface area contributed by atoms with Gasteiger partial charge >= 0.3 is 5.91 Å². The van der Waals surface area contributed by atoms with Crippen molar-refractivity contribution < 1.29 is 24.0 Å². The van der Waals surface area contributed by atoms with E-state index in [1.165, 1.54) is 0 Å². The lowest BCUT2D eigenvalue weighted by Gasteiger charge is -2.31. The van der Waals surface area contributed by atoms with Crippen molar-refractivity contribution in [2.45, 2.75) is 89.5 Å². The van der Waals surface area contributed by atoms with Crippen LogP contribution < -0.4 is 10.7 Å². The number of carbonyl (C=O) groups excluding carboxylic acids is 5. The molecule has 1 heterocycles. The quantitative estimate of drug-likeness (QED) is 0.397. The Bertz CT molecular complexity index is 647. The Morgan fingerprint density at radius 2 is 1.31 bits per heavy atom. The third-order valence-electron chi connectivity index (χ3n) is 6.42. The Hall–Kier alpha value is -2.25. The van der Waals surface area contributed by atoms with E-state index in [0.717, 1.165) is 70.6 Å². The lowest BCUT2D eigenvalue weighted by Crippen LogP contribution is -2.56. The first-order valence-electron chi connectivity index (χ1n) is 11.0. The number of ketones is 1. The molecule has 8 nitrogen and oxygen atoms in total. The normalized spacial score (nSPS) is 22.8. The molecule has 1 saturated heterocycles. The van der Waals surface area contributed by atoms with Crippen molar-refractivity contribution in [3.63, 3.8) is 0 Å². The van der Waals surface area contributed by atoms with Crippen molar-refractivity contribution in [2.24, 2.45) is 11.8 Å². The lowest BCUT2D eigenvalue weighted by atomic mass is 9.81. The fraction of sp³-hybridized carbons (Fsp3) is 0.762. The van der Waals surface area contributed by atoms with E-state index < -0.39 is 29.5 Å². The Balaban J connectivity index is 1.69. The lowest BCUT2D eigenvalue weighted by molar-refractivity contribution is -0.152. The zero-order chi connectivity index (χ0) is 20.8. The van der Waals surface area contributed by atoms with Gasteiger partial charge in [0.2, 0.25) is 23.5 Å². The molecule has 3 rings (SSSR count). The van der Waals surface area contributed by atoms with Gasteiger partial charge in [0, 0.05) is 18.8 Å². The monoisotopic (exact) mass is 405 g/mol. The van der Waals surface area contributed by atoms with Crippen molar-refractivity contribution in [2.75, 3.05) is 0 Å². The molecule has 0 bridgehead atoms. The highest BCUT2D eigenvalue weighted by Crippen LogP contribution is 2.28. The van der Waals surface area contributed by atoms with Crippen LogP contribution in [0.15, 0.2) is 0 Å². The molecule has 0 aromatic rings. The van der Waals surface area contributed by atoms with E-state index in [0.29, 0.717) is 5.01 Å². The van der Waals surface area contributed by atoms with Gasteiger partial charge in [0.15, 0.2) is 0 Å². The fourth-order valence-electron chi connectivity index (χ4n) is 4.68. The van der Waals surface area contributed by atoms with Gasteiger partial charge in [0.25, 0.3) is 0 Å². The number of nitrogens with one attached hydrogen (secondary N) is 2. The number of hydrazine groups is 1. The van der Waals surface area contributed by atoms with Crippen LogP contribution in [-0.4, -0.2) is 40.5 Å². The molecule has 0 aromatic carbocycles. The molecule has 0 radical (unpaired) electrons. The molecule has 1 aliphatic heterocycles. The van der Waals surface area contributed by atoms with Gasteiger partial charge in [-0.1, -0.05) is 44.9 Å². The Kier molecular flexibility index (Phi) is 7.39. The van der Waals surface area contributed by atoms with E-state index in [-0.39, 0.29) is 30.6 Å². The van der Waals surface area contributed by atoms with Gasteiger partial charge in [-0.05, 0) is 31.6 Å². The predicted octanol–water partition coefficient (Wildman–Crippen LogP) is 1.77. The maximum Gasteiger partial charge on any atom is 0.308 e. The van der Waals surface area contributed by atoms with E-state index in [2.05, 4.69) is 10.7 Å². The molecule has 1 unspecified atom stereocenters. The fourth-order valence-corrected chi connectivity index (χ4v) is 4.68. The van der Waals surface area contributed by atoms with E-state index in [1.54, 1.807) is 0 Å². The molecule has 2 N–H and O–H groups in total. The zero-order valence-electron chi connectivity index (χ0n) is 16.9. The minimum Gasteiger partial charge on any atom is -0.345 e. The molecule has 8 heteroatoms. The second-order valence-electron chi connectivity index (χ2n) is 8.50. The predicted molar refractivity (Wildman–Crippen MR) is 104 cm³/mol. The van der Waals surface area contributed by atoms with Crippen molar-refractivity contribution in [3.05, 3.63) is 0 Å². The van der Waals surface area contributed by atoms with Crippen molar-refractivity contribution in [1.29, 1.82) is 0 Å². The highest BCUT2D eigenvalue weighted by Gasteiger charge is 2.38. The summed E-state index contributed by atoms with van der Waals surface area (Å²) < 4.78 is 0. The van der Waals surface area contributed by atoms with E-state index in [4.69, 9.17) is 0 Å². The molecular formula is C21H31N3O5. The molecule has 3 fully saturated rings. The molecule has 1 atom stereocenters. The highest BCUT2D eigenvalue weighted by molar-refractivity contribution is 6.39. The molecule has 0 spiro atoms. The van der Waals surface area contributed by atoms with Crippen molar-refractivity contribution >= 4 is 29.4 Å². The molecular weight excluding hydrogens is 374 g/mol. The van der Waals surface area contributed by atoms with Crippen molar-refractivity contribution in [1.82, 2.24) is 15.8 Å². The molecule has 160 valence electrons. The molecule has 4 amide bonds. The molecule has 3 aliphatic rings. The summed E-state index contributed by atoms with van der Waals surface area (Å²) in [5.41, 5.74) is 2.16. The van der Waals surface area contributed by atoms with Gasteiger partial charge < -0.3 is 5.32 Å². The number of rotatable bonds is 6. The Morgan fingerprint density at radius 1 is 0.793 bits per heavy atom. The summed E-state index contributed by atoms with van der Waals surface area (Å²) in [4.78, 5) is 61.8. The van der Waals surface area contributed by atoms with Crippen LogP contribution in [0.4, 0.5) is 0 Å².